The van der Waals surface area contributed by atoms with E-state index in [9.17, 15) is 15.0 Å². The van der Waals surface area contributed by atoms with E-state index in [1.54, 1.807) is 0 Å². The lowest BCUT2D eigenvalue weighted by Gasteiger charge is -2.31. The normalized spacial score (nSPS) is 11.8. The fourth-order valence-corrected chi connectivity index (χ4v) is 3.02. The van der Waals surface area contributed by atoms with Gasteiger partial charge < -0.3 is 41.1 Å². The van der Waals surface area contributed by atoms with Gasteiger partial charge in [-0.15, -0.1) is 0 Å². The molecule has 0 saturated heterocycles. The van der Waals surface area contributed by atoms with E-state index in [-0.39, 0.29) is 19.6 Å². The number of hydrogen-bond donors (Lipinski definition) is 8. The number of rotatable bonds is 20. The molecule has 0 aliphatic carbocycles. The number of hydrogen-bond acceptors (Lipinski definition) is 8. The van der Waals surface area contributed by atoms with Gasteiger partial charge in [0.1, 0.15) is 0 Å². The van der Waals surface area contributed by atoms with Crippen molar-refractivity contribution in [3.8, 4) is 0 Å². The zero-order chi connectivity index (χ0) is 24.0. The quantitative estimate of drug-likeness (QED) is 0.100. The summed E-state index contributed by atoms with van der Waals surface area (Å²) in [6, 6.07) is 0. The van der Waals surface area contributed by atoms with Gasteiger partial charge in [-0.05, 0) is 6.42 Å². The predicted molar refractivity (Wildman–Crippen MR) is 119 cm³/mol. The van der Waals surface area contributed by atoms with Crippen LogP contribution in [0, 0.1) is 0 Å². The van der Waals surface area contributed by atoms with Crippen LogP contribution in [-0.4, -0.2) is 79.6 Å². The van der Waals surface area contributed by atoms with Crippen LogP contribution in [0.3, 0.4) is 0 Å². The van der Waals surface area contributed by atoms with Gasteiger partial charge in [0.15, 0.2) is 0 Å². The predicted octanol–water partition coefficient (Wildman–Crippen LogP) is 1.47. The van der Waals surface area contributed by atoms with Gasteiger partial charge in [0.05, 0.1) is 13.2 Å². The van der Waals surface area contributed by atoms with E-state index in [0.717, 1.165) is 19.3 Å². The van der Waals surface area contributed by atoms with Gasteiger partial charge in [0.25, 0.3) is 0 Å². The van der Waals surface area contributed by atoms with Crippen molar-refractivity contribution in [2.75, 3.05) is 26.3 Å². The van der Waals surface area contributed by atoms with Gasteiger partial charge in [-0.3, -0.25) is 0 Å². The second-order valence-corrected chi connectivity index (χ2v) is 7.98. The molecule has 0 unspecified atom stereocenters. The average molecular weight is 454 g/mol. The summed E-state index contributed by atoms with van der Waals surface area (Å²) >= 11 is 0. The molecule has 0 heterocycles. The molecule has 31 heavy (non-hydrogen) atoms. The van der Waals surface area contributed by atoms with Crippen molar-refractivity contribution < 1.29 is 40.5 Å². The van der Waals surface area contributed by atoms with E-state index >= 15 is 0 Å². The van der Waals surface area contributed by atoms with E-state index in [2.05, 4.69) is 12.2 Å². The van der Waals surface area contributed by atoms with E-state index < -0.39 is 17.5 Å². The van der Waals surface area contributed by atoms with Crippen molar-refractivity contribution in [1.29, 1.82) is 0 Å². The summed E-state index contributed by atoms with van der Waals surface area (Å²) < 4.78 is 0. The van der Waals surface area contributed by atoms with Gasteiger partial charge in [-0.25, -0.2) is 4.79 Å². The largest absolute Gasteiger partial charge is 0.477 e. The Morgan fingerprint density at radius 3 is 1.35 bits per heavy atom. The van der Waals surface area contributed by atoms with Gasteiger partial charge in [-0.1, -0.05) is 84.0 Å². The maximum Gasteiger partial charge on any atom is 0.370 e. The first-order chi connectivity index (χ1) is 14.7. The summed E-state index contributed by atoms with van der Waals surface area (Å²) in [4.78, 5) is 10.6. The summed E-state index contributed by atoms with van der Waals surface area (Å²) in [7, 11) is 0. The van der Waals surface area contributed by atoms with Crippen molar-refractivity contribution in [2.24, 2.45) is 0 Å². The number of aliphatic hydroxyl groups excluding tert-OH is 2. The monoisotopic (exact) mass is 453 g/mol. The molecule has 188 valence electrons. The van der Waals surface area contributed by atoms with Crippen molar-refractivity contribution in [3.63, 3.8) is 0 Å². The van der Waals surface area contributed by atoms with Gasteiger partial charge in [0, 0.05) is 19.5 Å². The molecule has 0 rings (SSSR count). The average Bonchev–Trinajstić information content (AvgIpc) is 2.72. The maximum atomic E-state index is 10.6. The zero-order valence-corrected chi connectivity index (χ0v) is 19.3. The van der Waals surface area contributed by atoms with Crippen LogP contribution in [0.5, 0.6) is 0 Å². The molecule has 9 heteroatoms. The van der Waals surface area contributed by atoms with Crippen LogP contribution in [-0.2, 0) is 4.79 Å². The van der Waals surface area contributed by atoms with Crippen LogP contribution in [0.25, 0.3) is 0 Å². The topological polar surface area (TPSA) is 171 Å². The number of nitrogens with one attached hydrogen (secondary N) is 1. The Hall–Kier alpha value is -0.810. The summed E-state index contributed by atoms with van der Waals surface area (Å²) in [6.45, 7) is 3.64. The SMILES string of the molecule is CCCCCCCCCCCCCCCC(O)(O)C(O)(O)C(=O)O.OCCNCCO. The molecular formula is C22H47NO8. The van der Waals surface area contributed by atoms with E-state index in [4.69, 9.17) is 25.5 Å². The molecule has 0 bridgehead atoms. The zero-order valence-electron chi connectivity index (χ0n) is 19.3. The van der Waals surface area contributed by atoms with E-state index in [1.807, 2.05) is 0 Å². The second-order valence-electron chi connectivity index (χ2n) is 7.98. The van der Waals surface area contributed by atoms with Crippen molar-refractivity contribution in [2.45, 2.75) is 108 Å². The van der Waals surface area contributed by atoms with Crippen LogP contribution in [0.15, 0.2) is 0 Å². The molecule has 0 aliphatic rings. The Morgan fingerprint density at radius 2 is 1.03 bits per heavy atom. The minimum absolute atomic E-state index is 0.139. The number of carboxylic acid groups (broad SMARTS) is 1. The third-order valence-electron chi connectivity index (χ3n) is 5.06. The Morgan fingerprint density at radius 1 is 0.677 bits per heavy atom. The summed E-state index contributed by atoms with van der Waals surface area (Å²) in [5.41, 5.74) is 0. The second kappa shape index (κ2) is 21.1. The number of aliphatic carboxylic acids is 1. The van der Waals surface area contributed by atoms with Crippen LogP contribution in [0.1, 0.15) is 96.8 Å². The van der Waals surface area contributed by atoms with Crippen molar-refractivity contribution in [3.05, 3.63) is 0 Å². The number of carbonyl (C=O) groups is 1. The molecule has 0 aromatic rings. The van der Waals surface area contributed by atoms with Gasteiger partial charge >= 0.3 is 11.8 Å². The lowest BCUT2D eigenvalue weighted by atomic mass is 9.98. The van der Waals surface area contributed by atoms with Crippen LogP contribution in [0.4, 0.5) is 0 Å². The molecule has 9 nitrogen and oxygen atoms in total. The molecule has 0 atom stereocenters. The number of aliphatic hydroxyl groups is 6. The summed E-state index contributed by atoms with van der Waals surface area (Å²) in [5.74, 6) is -8.64. The Bertz CT molecular complexity index is 401. The first kappa shape index (κ1) is 32.4. The first-order valence-corrected chi connectivity index (χ1v) is 11.7. The first-order valence-electron chi connectivity index (χ1n) is 11.7. The fourth-order valence-electron chi connectivity index (χ4n) is 3.02. The number of carboxylic acids is 1. The van der Waals surface area contributed by atoms with Gasteiger partial charge in [0.2, 0.25) is 5.79 Å². The third-order valence-corrected chi connectivity index (χ3v) is 5.06. The van der Waals surface area contributed by atoms with Crippen LogP contribution >= 0.6 is 0 Å². The molecular weight excluding hydrogens is 406 g/mol. The molecule has 0 spiro atoms. The molecule has 0 saturated carbocycles. The molecule has 0 aromatic carbocycles. The summed E-state index contributed by atoms with van der Waals surface area (Å²) in [5, 5.41) is 64.9. The van der Waals surface area contributed by atoms with Crippen LogP contribution in [0.2, 0.25) is 0 Å². The molecule has 0 aliphatic heterocycles. The smallest absolute Gasteiger partial charge is 0.370 e. The molecule has 0 radical (unpaired) electrons. The minimum Gasteiger partial charge on any atom is -0.477 e. The Labute approximate surface area is 187 Å². The van der Waals surface area contributed by atoms with Crippen molar-refractivity contribution in [1.82, 2.24) is 5.32 Å². The van der Waals surface area contributed by atoms with Crippen LogP contribution < -0.4 is 5.32 Å². The molecule has 8 N–H and O–H groups in total. The fraction of sp³-hybridized carbons (Fsp3) is 0.955. The third kappa shape index (κ3) is 18.5. The Balaban J connectivity index is 0. The highest BCUT2D eigenvalue weighted by Gasteiger charge is 2.53. The standard InChI is InChI=1S/C18H36O6.C4H11NO2/c1-2-3-4-5-6-7-8-9-10-11-12-13-14-15-17(21,22)18(23,24)16(19)20;6-3-1-5-2-4-7/h21-24H,2-15H2,1H3,(H,19,20);5-7H,1-4H2. The van der Waals surface area contributed by atoms with E-state index in [1.165, 1.54) is 51.4 Å². The molecule has 0 fully saturated rings. The molecule has 0 amide bonds. The lowest BCUT2D eigenvalue weighted by Crippen LogP contribution is -2.59. The highest BCUT2D eigenvalue weighted by Crippen LogP contribution is 2.24. The molecule has 0 aromatic heterocycles. The van der Waals surface area contributed by atoms with Gasteiger partial charge in [-0.2, -0.15) is 0 Å². The maximum absolute atomic E-state index is 10.6. The number of unbranched alkanes of at least 4 members (excludes halogenated alkanes) is 12. The Kier molecular flexibility index (Phi) is 22.0. The minimum atomic E-state index is -3.54. The summed E-state index contributed by atoms with van der Waals surface area (Å²) in [6.07, 6.45) is 14.2. The highest BCUT2D eigenvalue weighted by molar-refractivity contribution is 5.76. The van der Waals surface area contributed by atoms with Crippen molar-refractivity contribution >= 4 is 5.97 Å². The highest BCUT2D eigenvalue weighted by atomic mass is 16.6. The lowest BCUT2D eigenvalue weighted by molar-refractivity contribution is -0.346. The van der Waals surface area contributed by atoms with E-state index in [0.29, 0.717) is 25.9 Å².